The summed E-state index contributed by atoms with van der Waals surface area (Å²) >= 11 is 14.5. The Morgan fingerprint density at radius 2 is 1.86 bits per heavy atom. The molecule has 0 saturated heterocycles. The second kappa shape index (κ2) is 12.3. The molecule has 2 N–H and O–H groups in total. The molecule has 11 heteroatoms. The SMILES string of the molecule is CC=NN(C(=O)c1ccc(C(=O)NCCCc2ccncc2)s1)c1csc(-c2ccc(Cl)c(Cl)c2)c1O. The minimum absolute atomic E-state index is 0.106. The number of aromatic nitrogens is 1. The molecule has 0 bridgehead atoms. The molecule has 2 amide bonds. The lowest BCUT2D eigenvalue weighted by Crippen LogP contribution is -2.25. The first-order valence-corrected chi connectivity index (χ1v) is 13.7. The van der Waals surface area contributed by atoms with E-state index in [1.54, 1.807) is 55.0 Å². The van der Waals surface area contributed by atoms with Crippen molar-refractivity contribution in [1.29, 1.82) is 0 Å². The molecule has 3 heterocycles. The lowest BCUT2D eigenvalue weighted by atomic mass is 10.1. The Hall–Kier alpha value is -3.24. The Bertz CT molecular complexity index is 1440. The van der Waals surface area contributed by atoms with Crippen molar-refractivity contribution < 1.29 is 14.7 Å². The van der Waals surface area contributed by atoms with E-state index in [4.69, 9.17) is 23.2 Å². The summed E-state index contributed by atoms with van der Waals surface area (Å²) in [6, 6.07) is 12.1. The molecule has 0 saturated carbocycles. The third-order valence-electron chi connectivity index (χ3n) is 5.30. The van der Waals surface area contributed by atoms with Crippen LogP contribution in [0.3, 0.4) is 0 Å². The molecule has 7 nitrogen and oxygen atoms in total. The van der Waals surface area contributed by atoms with E-state index in [0.717, 1.165) is 34.8 Å². The standard InChI is InChI=1S/C26H22Cl2N4O3S2/c1-2-31-32(20-15-36-24(23(20)33)17-5-6-18(27)19(28)14-17)26(35)22-8-7-21(37-22)25(34)30-11-3-4-16-9-12-29-13-10-16/h2,5-10,12-15,33H,3-4,11H2,1H3,(H,30,34). The zero-order valence-corrected chi connectivity index (χ0v) is 22.8. The van der Waals surface area contributed by atoms with Gasteiger partial charge in [-0.3, -0.25) is 14.6 Å². The largest absolute Gasteiger partial charge is 0.504 e. The fourth-order valence-corrected chi connectivity index (χ4v) is 5.55. The van der Waals surface area contributed by atoms with Crippen molar-refractivity contribution in [3.05, 3.63) is 85.6 Å². The fraction of sp³-hybridized carbons (Fsp3) is 0.154. The lowest BCUT2D eigenvalue weighted by molar-refractivity contribution is 0.0956. The van der Waals surface area contributed by atoms with E-state index in [1.165, 1.54) is 17.6 Å². The van der Waals surface area contributed by atoms with Crippen molar-refractivity contribution in [2.24, 2.45) is 5.10 Å². The predicted octanol–water partition coefficient (Wildman–Crippen LogP) is 6.90. The van der Waals surface area contributed by atoms with Gasteiger partial charge in [-0.15, -0.1) is 22.7 Å². The van der Waals surface area contributed by atoms with Crippen LogP contribution < -0.4 is 10.3 Å². The highest BCUT2D eigenvalue weighted by atomic mass is 35.5. The number of halogens is 2. The summed E-state index contributed by atoms with van der Waals surface area (Å²) in [6.45, 7) is 2.18. The molecule has 0 aliphatic rings. The molecule has 0 fully saturated rings. The van der Waals surface area contributed by atoms with Gasteiger partial charge in [0.05, 0.1) is 24.7 Å². The van der Waals surface area contributed by atoms with Gasteiger partial charge in [0, 0.05) is 30.5 Å². The molecular formula is C26H22Cl2N4O3S2. The normalized spacial score (nSPS) is 11.1. The van der Waals surface area contributed by atoms with Crippen molar-refractivity contribution in [3.63, 3.8) is 0 Å². The molecule has 0 atom stereocenters. The number of pyridine rings is 1. The van der Waals surface area contributed by atoms with Crippen molar-refractivity contribution in [1.82, 2.24) is 10.3 Å². The molecule has 0 spiro atoms. The van der Waals surface area contributed by atoms with Gasteiger partial charge in [-0.05, 0) is 67.3 Å². The molecule has 190 valence electrons. The Morgan fingerprint density at radius 3 is 2.59 bits per heavy atom. The number of rotatable bonds is 9. The van der Waals surface area contributed by atoms with Gasteiger partial charge >= 0.3 is 0 Å². The van der Waals surface area contributed by atoms with E-state index in [9.17, 15) is 14.7 Å². The van der Waals surface area contributed by atoms with E-state index >= 15 is 0 Å². The van der Waals surface area contributed by atoms with Crippen molar-refractivity contribution in [2.45, 2.75) is 19.8 Å². The fourth-order valence-electron chi connectivity index (χ4n) is 3.48. The van der Waals surface area contributed by atoms with E-state index in [0.29, 0.717) is 36.8 Å². The number of amides is 2. The molecule has 0 radical (unpaired) electrons. The topological polar surface area (TPSA) is 94.9 Å². The second-order valence-corrected chi connectivity index (χ2v) is 10.6. The smallest absolute Gasteiger partial charge is 0.288 e. The van der Waals surface area contributed by atoms with E-state index in [2.05, 4.69) is 15.4 Å². The molecule has 0 aliphatic carbocycles. The predicted molar refractivity (Wildman–Crippen MR) is 152 cm³/mol. The molecule has 0 aliphatic heterocycles. The van der Waals surface area contributed by atoms with Crippen molar-refractivity contribution in [2.75, 3.05) is 11.6 Å². The van der Waals surface area contributed by atoms with Gasteiger partial charge in [-0.25, -0.2) is 0 Å². The second-order valence-electron chi connectivity index (χ2n) is 7.80. The number of thiophene rings is 2. The first kappa shape index (κ1) is 26.8. The van der Waals surface area contributed by atoms with Crippen LogP contribution in [0.4, 0.5) is 5.69 Å². The lowest BCUT2D eigenvalue weighted by Gasteiger charge is -2.15. The summed E-state index contributed by atoms with van der Waals surface area (Å²) < 4.78 is 0. The summed E-state index contributed by atoms with van der Waals surface area (Å²) in [5, 5.41) is 21.5. The van der Waals surface area contributed by atoms with Gasteiger partial charge < -0.3 is 10.4 Å². The van der Waals surface area contributed by atoms with Gasteiger partial charge in [0.25, 0.3) is 11.8 Å². The summed E-state index contributed by atoms with van der Waals surface area (Å²) in [5.41, 5.74) is 2.04. The van der Waals surface area contributed by atoms with Gasteiger partial charge in [0.15, 0.2) is 5.75 Å². The Balaban J connectivity index is 1.45. The van der Waals surface area contributed by atoms with Crippen LogP contribution in [0.2, 0.25) is 10.0 Å². The first-order chi connectivity index (χ1) is 17.9. The minimum Gasteiger partial charge on any atom is -0.504 e. The number of aryl methyl sites for hydroxylation is 1. The molecule has 1 aromatic carbocycles. The van der Waals surface area contributed by atoms with E-state index in [1.807, 2.05) is 12.1 Å². The molecule has 3 aromatic heterocycles. The average molecular weight is 574 g/mol. The Kier molecular flexibility index (Phi) is 8.94. The summed E-state index contributed by atoms with van der Waals surface area (Å²) in [5.74, 6) is -0.815. The number of hydrogen-bond donors (Lipinski definition) is 2. The number of benzene rings is 1. The number of hydrogen-bond acceptors (Lipinski definition) is 7. The van der Waals surface area contributed by atoms with Crippen LogP contribution >= 0.6 is 45.9 Å². The van der Waals surface area contributed by atoms with Crippen LogP contribution in [0.5, 0.6) is 5.75 Å². The zero-order valence-electron chi connectivity index (χ0n) is 19.6. The number of anilines is 1. The molecule has 4 rings (SSSR count). The molecular weight excluding hydrogens is 551 g/mol. The van der Waals surface area contributed by atoms with Gasteiger partial charge in [-0.2, -0.15) is 10.1 Å². The Labute approximate surface area is 232 Å². The molecule has 4 aromatic rings. The maximum atomic E-state index is 13.3. The highest BCUT2D eigenvalue weighted by molar-refractivity contribution is 7.16. The van der Waals surface area contributed by atoms with Crippen LogP contribution in [0, 0.1) is 0 Å². The van der Waals surface area contributed by atoms with Gasteiger partial charge in [-0.1, -0.05) is 29.3 Å². The minimum atomic E-state index is -0.464. The summed E-state index contributed by atoms with van der Waals surface area (Å²) in [7, 11) is 0. The van der Waals surface area contributed by atoms with E-state index < -0.39 is 5.91 Å². The van der Waals surface area contributed by atoms with E-state index in [-0.39, 0.29) is 17.3 Å². The van der Waals surface area contributed by atoms with Crippen molar-refractivity contribution >= 4 is 69.6 Å². The average Bonchev–Trinajstić information content (AvgIpc) is 3.54. The summed E-state index contributed by atoms with van der Waals surface area (Å²) in [6.07, 6.45) is 6.56. The maximum absolute atomic E-state index is 13.3. The van der Waals surface area contributed by atoms with Crippen LogP contribution in [0.1, 0.15) is 38.3 Å². The number of aromatic hydroxyl groups is 1. The number of carbonyl (C=O) groups excluding carboxylic acids is 2. The van der Waals surface area contributed by atoms with Gasteiger partial charge in [0.2, 0.25) is 0 Å². The first-order valence-electron chi connectivity index (χ1n) is 11.2. The zero-order chi connectivity index (χ0) is 26.4. The third kappa shape index (κ3) is 6.37. The number of nitrogens with one attached hydrogen (secondary N) is 1. The number of nitrogens with zero attached hydrogens (tertiary/aromatic N) is 3. The highest BCUT2D eigenvalue weighted by Crippen LogP contribution is 2.45. The molecule has 37 heavy (non-hydrogen) atoms. The summed E-state index contributed by atoms with van der Waals surface area (Å²) in [4.78, 5) is 31.2. The number of hydrazone groups is 1. The quantitative estimate of drug-likeness (QED) is 0.129. The Morgan fingerprint density at radius 1 is 1.11 bits per heavy atom. The number of carbonyl (C=O) groups is 2. The van der Waals surface area contributed by atoms with Crippen LogP contribution in [0.25, 0.3) is 10.4 Å². The third-order valence-corrected chi connectivity index (χ3v) is 8.11. The van der Waals surface area contributed by atoms with Crippen LogP contribution in [-0.4, -0.2) is 34.7 Å². The van der Waals surface area contributed by atoms with Gasteiger partial charge in [0.1, 0.15) is 5.69 Å². The van der Waals surface area contributed by atoms with Crippen molar-refractivity contribution in [3.8, 4) is 16.2 Å². The monoisotopic (exact) mass is 572 g/mol. The highest BCUT2D eigenvalue weighted by Gasteiger charge is 2.26. The molecule has 0 unspecified atom stereocenters. The van der Waals surface area contributed by atoms with Crippen LogP contribution in [-0.2, 0) is 6.42 Å². The van der Waals surface area contributed by atoms with Crippen LogP contribution in [0.15, 0.2) is 65.3 Å². The maximum Gasteiger partial charge on any atom is 0.288 e.